The van der Waals surface area contributed by atoms with E-state index in [4.69, 9.17) is 11.6 Å². The van der Waals surface area contributed by atoms with E-state index in [-0.39, 0.29) is 11.3 Å². The van der Waals surface area contributed by atoms with E-state index in [1.54, 1.807) is 17.5 Å². The van der Waals surface area contributed by atoms with Gasteiger partial charge >= 0.3 is 0 Å². The van der Waals surface area contributed by atoms with E-state index in [1.807, 2.05) is 40.7 Å². The Balaban J connectivity index is 1.46. The lowest BCUT2D eigenvalue weighted by atomic mass is 9.74. The molecule has 0 aliphatic carbocycles. The van der Waals surface area contributed by atoms with Crippen LogP contribution in [0.25, 0.3) is 10.4 Å². The van der Waals surface area contributed by atoms with Crippen molar-refractivity contribution >= 4 is 28.8 Å². The Morgan fingerprint density at radius 1 is 1.31 bits per heavy atom. The summed E-state index contributed by atoms with van der Waals surface area (Å²) in [5.74, 6) is 0.109. The van der Waals surface area contributed by atoms with Crippen molar-refractivity contribution in [2.24, 2.45) is 0 Å². The summed E-state index contributed by atoms with van der Waals surface area (Å²) in [4.78, 5) is 15.9. The molecule has 1 amide bonds. The number of carbonyl (C=O) groups is 1. The second-order valence-electron chi connectivity index (χ2n) is 7.02. The maximum Gasteiger partial charge on any atom is 0.254 e. The number of nitrogens with zero attached hydrogens (tertiary/aromatic N) is 2. The SMILES string of the molecule is CC1(c2ccccc2Cl)CCN(C(=O)c2csc(-c3cn[nH]c3)c2)CC1. The van der Waals surface area contributed by atoms with Gasteiger partial charge in [0.05, 0.1) is 11.8 Å². The fraction of sp³-hybridized carbons (Fsp3) is 0.300. The molecule has 0 saturated carbocycles. The van der Waals surface area contributed by atoms with Gasteiger partial charge in [0, 0.05) is 40.1 Å². The van der Waals surface area contributed by atoms with Crippen LogP contribution in [0.15, 0.2) is 48.1 Å². The van der Waals surface area contributed by atoms with Crippen LogP contribution in [0.4, 0.5) is 0 Å². The number of benzene rings is 1. The molecular formula is C20H20ClN3OS. The average Bonchev–Trinajstić information content (AvgIpc) is 3.33. The molecular weight excluding hydrogens is 366 g/mol. The first-order chi connectivity index (χ1) is 12.6. The van der Waals surface area contributed by atoms with Crippen molar-refractivity contribution in [2.75, 3.05) is 13.1 Å². The van der Waals surface area contributed by atoms with Crippen molar-refractivity contribution in [3.63, 3.8) is 0 Å². The molecule has 3 heterocycles. The minimum Gasteiger partial charge on any atom is -0.339 e. The summed E-state index contributed by atoms with van der Waals surface area (Å²) in [6.07, 6.45) is 5.45. The summed E-state index contributed by atoms with van der Waals surface area (Å²) in [6, 6.07) is 10.0. The van der Waals surface area contributed by atoms with E-state index in [1.165, 1.54) is 5.56 Å². The molecule has 0 atom stereocenters. The van der Waals surface area contributed by atoms with E-state index in [9.17, 15) is 4.79 Å². The van der Waals surface area contributed by atoms with Gasteiger partial charge in [0.15, 0.2) is 0 Å². The lowest BCUT2D eigenvalue weighted by Crippen LogP contribution is -2.43. The highest BCUT2D eigenvalue weighted by Crippen LogP contribution is 2.39. The molecule has 4 nitrogen and oxygen atoms in total. The second-order valence-corrected chi connectivity index (χ2v) is 8.34. The molecule has 1 N–H and O–H groups in total. The minimum atomic E-state index is 0.0196. The molecule has 6 heteroatoms. The Kier molecular flexibility index (Phi) is 4.59. The van der Waals surface area contributed by atoms with Crippen LogP contribution in [-0.4, -0.2) is 34.1 Å². The summed E-state index contributed by atoms with van der Waals surface area (Å²) >= 11 is 7.98. The molecule has 4 rings (SSSR count). The lowest BCUT2D eigenvalue weighted by molar-refractivity contribution is 0.0676. The largest absolute Gasteiger partial charge is 0.339 e. The number of amides is 1. The predicted molar refractivity (Wildman–Crippen MR) is 106 cm³/mol. The zero-order valence-corrected chi connectivity index (χ0v) is 16.1. The Hall–Kier alpha value is -2.11. The standard InChI is InChI=1S/C20H20ClN3OS/c1-20(16-4-2-3-5-17(16)21)6-8-24(9-7-20)19(25)14-10-18(26-13-14)15-11-22-23-12-15/h2-5,10-13H,6-9H2,1H3,(H,22,23). The average molecular weight is 386 g/mol. The van der Waals surface area contributed by atoms with Crippen LogP contribution >= 0.6 is 22.9 Å². The van der Waals surface area contributed by atoms with Crippen LogP contribution in [0.5, 0.6) is 0 Å². The number of likely N-dealkylation sites (tertiary alicyclic amines) is 1. The number of nitrogens with one attached hydrogen (secondary N) is 1. The maximum atomic E-state index is 12.9. The normalized spacial score (nSPS) is 16.6. The van der Waals surface area contributed by atoms with Gasteiger partial charge in [-0.05, 0) is 36.0 Å². The van der Waals surface area contributed by atoms with E-state index in [2.05, 4.69) is 23.2 Å². The van der Waals surface area contributed by atoms with Crippen LogP contribution in [0.1, 0.15) is 35.7 Å². The zero-order valence-electron chi connectivity index (χ0n) is 14.5. The number of carbonyl (C=O) groups excluding carboxylic acids is 1. The summed E-state index contributed by atoms with van der Waals surface area (Å²) in [7, 11) is 0. The molecule has 1 saturated heterocycles. The van der Waals surface area contributed by atoms with E-state index in [0.29, 0.717) is 0 Å². The Bertz CT molecular complexity index is 911. The van der Waals surface area contributed by atoms with Crippen molar-refractivity contribution in [2.45, 2.75) is 25.2 Å². The molecule has 1 fully saturated rings. The van der Waals surface area contributed by atoms with Gasteiger partial charge in [-0.15, -0.1) is 11.3 Å². The highest BCUT2D eigenvalue weighted by molar-refractivity contribution is 7.13. The predicted octanol–water partition coefficient (Wildman–Crippen LogP) is 4.99. The summed E-state index contributed by atoms with van der Waals surface area (Å²) in [5, 5.41) is 9.53. The van der Waals surface area contributed by atoms with Crippen LogP contribution in [0.2, 0.25) is 5.02 Å². The van der Waals surface area contributed by atoms with Crippen molar-refractivity contribution in [3.05, 3.63) is 64.3 Å². The van der Waals surface area contributed by atoms with Crippen molar-refractivity contribution in [1.29, 1.82) is 0 Å². The Morgan fingerprint density at radius 2 is 2.08 bits per heavy atom. The Morgan fingerprint density at radius 3 is 2.77 bits per heavy atom. The number of thiophene rings is 1. The molecule has 0 unspecified atom stereocenters. The third-order valence-corrected chi connectivity index (χ3v) is 6.62. The van der Waals surface area contributed by atoms with Crippen molar-refractivity contribution in [3.8, 4) is 10.4 Å². The van der Waals surface area contributed by atoms with E-state index in [0.717, 1.165) is 47.0 Å². The molecule has 26 heavy (non-hydrogen) atoms. The van der Waals surface area contributed by atoms with Gasteiger partial charge in [-0.2, -0.15) is 5.10 Å². The first kappa shape index (κ1) is 17.3. The lowest BCUT2D eigenvalue weighted by Gasteiger charge is -2.40. The number of hydrogen-bond donors (Lipinski definition) is 1. The first-order valence-electron chi connectivity index (χ1n) is 8.69. The van der Waals surface area contributed by atoms with Crippen molar-refractivity contribution < 1.29 is 4.79 Å². The highest BCUT2D eigenvalue weighted by Gasteiger charge is 2.35. The van der Waals surface area contributed by atoms with Crippen LogP contribution in [0.3, 0.4) is 0 Å². The monoisotopic (exact) mass is 385 g/mol. The van der Waals surface area contributed by atoms with Crippen LogP contribution in [-0.2, 0) is 5.41 Å². The highest BCUT2D eigenvalue weighted by atomic mass is 35.5. The van der Waals surface area contributed by atoms with Crippen molar-refractivity contribution in [1.82, 2.24) is 15.1 Å². The minimum absolute atomic E-state index is 0.0196. The molecule has 0 spiro atoms. The summed E-state index contributed by atoms with van der Waals surface area (Å²) < 4.78 is 0. The number of aromatic nitrogens is 2. The molecule has 134 valence electrons. The van der Waals surface area contributed by atoms with Gasteiger partial charge in [0.1, 0.15) is 0 Å². The number of piperidine rings is 1. The molecule has 1 aromatic carbocycles. The van der Waals surface area contributed by atoms with Gasteiger partial charge in [0.2, 0.25) is 0 Å². The Labute approximate surface area is 161 Å². The van der Waals surface area contributed by atoms with Gasteiger partial charge in [0.25, 0.3) is 5.91 Å². The van der Waals surface area contributed by atoms with Gasteiger partial charge in [-0.25, -0.2) is 0 Å². The number of rotatable bonds is 3. The fourth-order valence-corrected chi connectivity index (χ4v) is 4.82. The number of H-pyrrole nitrogens is 1. The van der Waals surface area contributed by atoms with Gasteiger partial charge in [-0.1, -0.05) is 36.7 Å². The van der Waals surface area contributed by atoms with Crippen LogP contribution < -0.4 is 0 Å². The smallest absolute Gasteiger partial charge is 0.254 e. The molecule has 0 bridgehead atoms. The second kappa shape index (κ2) is 6.89. The van der Waals surface area contributed by atoms with E-state index >= 15 is 0 Å². The molecule has 1 aliphatic heterocycles. The molecule has 3 aromatic rings. The number of hydrogen-bond acceptors (Lipinski definition) is 3. The molecule has 0 radical (unpaired) electrons. The third-order valence-electron chi connectivity index (χ3n) is 5.31. The summed E-state index contributed by atoms with van der Waals surface area (Å²) in [6.45, 7) is 3.74. The first-order valence-corrected chi connectivity index (χ1v) is 9.94. The fourth-order valence-electron chi connectivity index (χ4n) is 3.59. The van der Waals surface area contributed by atoms with E-state index < -0.39 is 0 Å². The zero-order chi connectivity index (χ0) is 18.1. The number of aromatic amines is 1. The quantitative estimate of drug-likeness (QED) is 0.690. The van der Waals surface area contributed by atoms with Crippen LogP contribution in [0, 0.1) is 0 Å². The number of halogens is 1. The van der Waals surface area contributed by atoms with Gasteiger partial charge in [-0.3, -0.25) is 9.89 Å². The molecule has 1 aliphatic rings. The molecule has 2 aromatic heterocycles. The third kappa shape index (κ3) is 3.17. The maximum absolute atomic E-state index is 12.9. The van der Waals surface area contributed by atoms with Gasteiger partial charge < -0.3 is 4.90 Å². The topological polar surface area (TPSA) is 49.0 Å². The summed E-state index contributed by atoms with van der Waals surface area (Å²) in [5.41, 5.74) is 2.98.